The van der Waals surface area contributed by atoms with Gasteiger partial charge in [0.25, 0.3) is 0 Å². The monoisotopic (exact) mass is 182 g/mol. The van der Waals surface area contributed by atoms with Crippen LogP contribution in [0, 0.1) is 0 Å². The molecule has 0 aromatic rings. The molecule has 0 aliphatic carbocycles. The first-order valence-corrected chi connectivity index (χ1v) is 10.2. The second-order valence-corrected chi connectivity index (χ2v) is 14.1. The van der Waals surface area contributed by atoms with E-state index in [0.717, 1.165) is 9.50 Å². The van der Waals surface area contributed by atoms with Crippen LogP contribution in [0.4, 0.5) is 0 Å². The van der Waals surface area contributed by atoms with Crippen LogP contribution in [0.3, 0.4) is 0 Å². The van der Waals surface area contributed by atoms with Crippen molar-refractivity contribution in [3.63, 3.8) is 0 Å². The second kappa shape index (κ2) is 1.54. The molecule has 0 N–H and O–H groups in total. The number of rotatable bonds is 0. The van der Waals surface area contributed by atoms with E-state index in [-0.39, 0.29) is 0 Å². The standard InChI is InChI=1S/C8H12Ge/c1-9(2)7-3-4-8(9)6-5-7/h3-8H,1-2H3. The fourth-order valence-electron chi connectivity index (χ4n) is 1.82. The van der Waals surface area contributed by atoms with E-state index in [4.69, 9.17) is 0 Å². The summed E-state index contributed by atoms with van der Waals surface area (Å²) in [6, 6.07) is 0. The van der Waals surface area contributed by atoms with Crippen LogP contribution >= 0.6 is 0 Å². The number of fused-ring (bicyclic) bond motifs is 2. The van der Waals surface area contributed by atoms with Crippen molar-refractivity contribution in [2.75, 3.05) is 0 Å². The van der Waals surface area contributed by atoms with Gasteiger partial charge in [-0.15, -0.1) is 0 Å². The van der Waals surface area contributed by atoms with Crippen molar-refractivity contribution in [3.05, 3.63) is 24.3 Å². The average molecular weight is 181 g/mol. The summed E-state index contributed by atoms with van der Waals surface area (Å²) in [5.74, 6) is 5.05. The fourth-order valence-corrected chi connectivity index (χ4v) is 7.85. The van der Waals surface area contributed by atoms with Gasteiger partial charge in [-0.1, -0.05) is 0 Å². The van der Waals surface area contributed by atoms with Gasteiger partial charge in [0.15, 0.2) is 0 Å². The van der Waals surface area contributed by atoms with Crippen molar-refractivity contribution in [3.8, 4) is 0 Å². The van der Waals surface area contributed by atoms with Gasteiger partial charge in [0.2, 0.25) is 0 Å². The normalized spacial score (nSPS) is 42.4. The Hall–Kier alpha value is 0.0229. The van der Waals surface area contributed by atoms with E-state index in [0.29, 0.717) is 0 Å². The second-order valence-electron chi connectivity index (χ2n) is 3.64. The van der Waals surface area contributed by atoms with Crippen LogP contribution in [-0.4, -0.2) is 13.3 Å². The first-order valence-electron chi connectivity index (χ1n) is 3.58. The van der Waals surface area contributed by atoms with Gasteiger partial charge >= 0.3 is 58.6 Å². The van der Waals surface area contributed by atoms with Crippen LogP contribution in [0.25, 0.3) is 0 Å². The molecule has 0 fully saturated rings. The molecule has 0 atom stereocenters. The topological polar surface area (TPSA) is 0 Å². The van der Waals surface area contributed by atoms with Crippen molar-refractivity contribution < 1.29 is 0 Å². The van der Waals surface area contributed by atoms with E-state index in [2.05, 4.69) is 35.8 Å². The molecule has 0 radical (unpaired) electrons. The van der Waals surface area contributed by atoms with E-state index >= 15 is 0 Å². The Kier molecular flexibility index (Phi) is 0.990. The number of hydrogen-bond acceptors (Lipinski definition) is 0. The molecular weight excluding hydrogens is 169 g/mol. The quantitative estimate of drug-likeness (QED) is 0.397. The third-order valence-electron chi connectivity index (χ3n) is 2.77. The molecule has 0 nitrogen and oxygen atoms in total. The summed E-state index contributed by atoms with van der Waals surface area (Å²) in [6.07, 6.45) is 9.63. The fraction of sp³-hybridized carbons (Fsp3) is 0.500. The molecule has 0 aromatic carbocycles. The molecule has 2 bridgehead atoms. The van der Waals surface area contributed by atoms with Crippen molar-refractivity contribution in [1.29, 1.82) is 0 Å². The van der Waals surface area contributed by atoms with Gasteiger partial charge < -0.3 is 0 Å². The molecule has 0 saturated carbocycles. The van der Waals surface area contributed by atoms with E-state index in [1.807, 2.05) is 0 Å². The average Bonchev–Trinajstić information content (AvgIpc) is 2.24. The van der Waals surface area contributed by atoms with Crippen molar-refractivity contribution in [2.45, 2.75) is 21.0 Å². The molecule has 2 heterocycles. The predicted molar refractivity (Wildman–Crippen MR) is 43.3 cm³/mol. The summed E-state index contributed by atoms with van der Waals surface area (Å²) in [4.78, 5) is 0. The van der Waals surface area contributed by atoms with Gasteiger partial charge in [0, 0.05) is 0 Å². The van der Waals surface area contributed by atoms with Gasteiger partial charge in [-0.05, 0) is 0 Å². The Balaban J connectivity index is 2.40. The van der Waals surface area contributed by atoms with Crippen LogP contribution in [0.2, 0.25) is 21.0 Å². The van der Waals surface area contributed by atoms with Crippen LogP contribution < -0.4 is 0 Å². The minimum absolute atomic E-state index is 0.912. The Bertz CT molecular complexity index is 157. The predicted octanol–water partition coefficient (Wildman–Crippen LogP) is 2.57. The van der Waals surface area contributed by atoms with Crippen LogP contribution in [0.15, 0.2) is 24.3 Å². The summed E-state index contributed by atoms with van der Waals surface area (Å²) >= 11 is -1.33. The van der Waals surface area contributed by atoms with Crippen LogP contribution in [0.1, 0.15) is 0 Å². The maximum absolute atomic E-state index is 2.52. The summed E-state index contributed by atoms with van der Waals surface area (Å²) < 4.78 is 1.82. The minimum atomic E-state index is -1.33. The van der Waals surface area contributed by atoms with Gasteiger partial charge in [-0.25, -0.2) is 0 Å². The van der Waals surface area contributed by atoms with E-state index < -0.39 is 13.3 Å². The Labute approximate surface area is 59.0 Å². The number of hydrogen-bond donors (Lipinski definition) is 0. The SMILES string of the molecule is [CH3][Ge]1([CH3])[CH]2C=C[CH]1C=C2. The summed E-state index contributed by atoms with van der Waals surface area (Å²) in [6.45, 7) is 0. The van der Waals surface area contributed by atoms with Gasteiger partial charge in [-0.3, -0.25) is 0 Å². The van der Waals surface area contributed by atoms with Crippen LogP contribution in [-0.2, 0) is 0 Å². The molecule has 48 valence electrons. The first-order chi connectivity index (χ1) is 4.21. The van der Waals surface area contributed by atoms with Crippen molar-refractivity contribution >= 4 is 13.3 Å². The maximum atomic E-state index is 2.52. The zero-order valence-corrected chi connectivity index (χ0v) is 8.06. The third-order valence-corrected chi connectivity index (χ3v) is 11.6. The van der Waals surface area contributed by atoms with Crippen LogP contribution in [0.5, 0.6) is 0 Å². The molecule has 2 aliphatic rings. The zero-order valence-electron chi connectivity index (χ0n) is 5.96. The Morgan fingerprint density at radius 3 is 1.33 bits per heavy atom. The number of allylic oxidation sites excluding steroid dienone is 4. The van der Waals surface area contributed by atoms with Crippen molar-refractivity contribution in [1.82, 2.24) is 0 Å². The molecule has 0 amide bonds. The van der Waals surface area contributed by atoms with Crippen molar-refractivity contribution in [2.24, 2.45) is 0 Å². The third kappa shape index (κ3) is 0.600. The molecule has 2 rings (SSSR count). The molecule has 0 unspecified atom stereocenters. The first kappa shape index (κ1) is 5.78. The molecule has 9 heavy (non-hydrogen) atoms. The van der Waals surface area contributed by atoms with Gasteiger partial charge in [0.1, 0.15) is 0 Å². The van der Waals surface area contributed by atoms with Gasteiger partial charge in [-0.2, -0.15) is 0 Å². The van der Waals surface area contributed by atoms with Gasteiger partial charge in [0.05, 0.1) is 0 Å². The zero-order chi connectivity index (χ0) is 6.48. The van der Waals surface area contributed by atoms with E-state index in [1.54, 1.807) is 0 Å². The van der Waals surface area contributed by atoms with E-state index in [1.165, 1.54) is 0 Å². The summed E-state index contributed by atoms with van der Waals surface area (Å²) in [7, 11) is 0. The Morgan fingerprint density at radius 2 is 1.22 bits per heavy atom. The Morgan fingerprint density at radius 1 is 0.889 bits per heavy atom. The molecule has 1 heteroatoms. The molecule has 2 aliphatic heterocycles. The molecular formula is C8H12Ge. The summed E-state index contributed by atoms with van der Waals surface area (Å²) in [5, 5.41) is 0. The molecule has 0 aromatic heterocycles. The van der Waals surface area contributed by atoms with E-state index in [9.17, 15) is 0 Å². The summed E-state index contributed by atoms with van der Waals surface area (Å²) in [5.41, 5.74) is 0. The molecule has 0 saturated heterocycles. The molecule has 0 spiro atoms.